The topological polar surface area (TPSA) is 63.7 Å². The van der Waals surface area contributed by atoms with Gasteiger partial charge in [-0.05, 0) is 29.8 Å². The molecule has 0 aromatic heterocycles. The largest absolute Gasteiger partial charge is 0.465 e. The van der Waals surface area contributed by atoms with E-state index >= 15 is 0 Å². The first-order chi connectivity index (χ1) is 10.9. The van der Waals surface area contributed by atoms with Gasteiger partial charge in [-0.15, -0.1) is 0 Å². The summed E-state index contributed by atoms with van der Waals surface area (Å²) in [6, 6.07) is 13.2. The first-order valence-electron chi connectivity index (χ1n) is 6.74. The molecule has 0 saturated carbocycles. The monoisotopic (exact) mass is 397 g/mol. The molecule has 0 unspecified atom stereocenters. The van der Waals surface area contributed by atoms with Gasteiger partial charge in [0, 0.05) is 18.1 Å². The number of nitrogens with zero attached hydrogens (tertiary/aromatic N) is 1. The lowest BCUT2D eigenvalue weighted by Crippen LogP contribution is -2.26. The minimum absolute atomic E-state index is 0.0509. The van der Waals surface area contributed by atoms with Gasteiger partial charge >= 0.3 is 5.97 Å². The number of sulfonamides is 1. The first-order valence-corrected chi connectivity index (χ1v) is 8.97. The van der Waals surface area contributed by atoms with Crippen LogP contribution in [0.5, 0.6) is 0 Å². The summed E-state index contributed by atoms with van der Waals surface area (Å²) in [6.07, 6.45) is 0. The lowest BCUT2D eigenvalue weighted by molar-refractivity contribution is 0.0600. The summed E-state index contributed by atoms with van der Waals surface area (Å²) in [5.74, 6) is -0.574. The second kappa shape index (κ2) is 7.25. The van der Waals surface area contributed by atoms with Crippen LogP contribution in [-0.4, -0.2) is 32.8 Å². The number of hydrogen-bond acceptors (Lipinski definition) is 4. The van der Waals surface area contributed by atoms with Gasteiger partial charge in [-0.2, -0.15) is 4.31 Å². The summed E-state index contributed by atoms with van der Waals surface area (Å²) in [5.41, 5.74) is 1.05. The van der Waals surface area contributed by atoms with Gasteiger partial charge in [-0.25, -0.2) is 13.2 Å². The highest BCUT2D eigenvalue weighted by Crippen LogP contribution is 2.22. The zero-order valence-electron chi connectivity index (χ0n) is 12.7. The van der Waals surface area contributed by atoms with Crippen LogP contribution >= 0.6 is 15.9 Å². The lowest BCUT2D eigenvalue weighted by Gasteiger charge is -2.18. The Bertz CT molecular complexity index is 820. The van der Waals surface area contributed by atoms with E-state index < -0.39 is 16.0 Å². The molecule has 122 valence electrons. The van der Waals surface area contributed by atoms with Gasteiger partial charge in [0.15, 0.2) is 0 Å². The average molecular weight is 398 g/mol. The van der Waals surface area contributed by atoms with Gasteiger partial charge in [0.1, 0.15) is 0 Å². The highest BCUT2D eigenvalue weighted by Gasteiger charge is 2.22. The Morgan fingerprint density at radius 2 is 1.87 bits per heavy atom. The van der Waals surface area contributed by atoms with Crippen LogP contribution in [0.1, 0.15) is 15.9 Å². The van der Waals surface area contributed by atoms with Crippen molar-refractivity contribution >= 4 is 31.9 Å². The maximum atomic E-state index is 12.7. The summed E-state index contributed by atoms with van der Waals surface area (Å²) in [5, 5.41) is 0. The average Bonchev–Trinajstić information content (AvgIpc) is 2.56. The Hall–Kier alpha value is -1.70. The van der Waals surface area contributed by atoms with E-state index in [2.05, 4.69) is 20.7 Å². The Morgan fingerprint density at radius 3 is 2.52 bits per heavy atom. The standard InChI is InChI=1S/C16H16BrNO4S/c1-18(11-13-6-3-4-9-15(13)17)23(20,21)14-8-5-7-12(10-14)16(19)22-2/h3-10H,11H2,1-2H3. The maximum Gasteiger partial charge on any atom is 0.337 e. The van der Waals surface area contributed by atoms with Gasteiger partial charge < -0.3 is 4.74 Å². The Labute approximate surface area is 144 Å². The van der Waals surface area contributed by atoms with Crippen molar-refractivity contribution in [2.75, 3.05) is 14.2 Å². The fourth-order valence-electron chi connectivity index (χ4n) is 2.03. The van der Waals surface area contributed by atoms with Crippen LogP contribution in [0.15, 0.2) is 57.9 Å². The van der Waals surface area contributed by atoms with E-state index in [9.17, 15) is 13.2 Å². The van der Waals surface area contributed by atoms with Crippen molar-refractivity contribution in [1.29, 1.82) is 0 Å². The van der Waals surface area contributed by atoms with Crippen molar-refractivity contribution in [1.82, 2.24) is 4.31 Å². The van der Waals surface area contributed by atoms with E-state index in [0.29, 0.717) is 0 Å². The molecule has 0 spiro atoms. The van der Waals surface area contributed by atoms with Crippen molar-refractivity contribution in [2.45, 2.75) is 11.4 Å². The number of carbonyl (C=O) groups is 1. The number of benzene rings is 2. The van der Waals surface area contributed by atoms with E-state index in [1.54, 1.807) is 0 Å². The zero-order valence-corrected chi connectivity index (χ0v) is 15.1. The van der Waals surface area contributed by atoms with E-state index in [1.807, 2.05) is 24.3 Å². The summed E-state index contributed by atoms with van der Waals surface area (Å²) < 4.78 is 32.0. The molecule has 5 nitrogen and oxygen atoms in total. The van der Waals surface area contributed by atoms with Crippen LogP contribution in [-0.2, 0) is 21.3 Å². The second-order valence-electron chi connectivity index (χ2n) is 4.87. The molecule has 0 aliphatic carbocycles. The molecule has 0 radical (unpaired) electrons. The van der Waals surface area contributed by atoms with Crippen molar-refractivity contribution in [3.05, 3.63) is 64.1 Å². The predicted octanol–water partition coefficient (Wildman–Crippen LogP) is 3.06. The molecule has 2 aromatic carbocycles. The van der Waals surface area contributed by atoms with Crippen molar-refractivity contribution in [2.24, 2.45) is 0 Å². The van der Waals surface area contributed by atoms with Gasteiger partial charge in [0.2, 0.25) is 10.0 Å². The van der Waals surface area contributed by atoms with Crippen molar-refractivity contribution < 1.29 is 17.9 Å². The normalized spacial score (nSPS) is 11.5. The van der Waals surface area contributed by atoms with Crippen LogP contribution in [0, 0.1) is 0 Å². The van der Waals surface area contributed by atoms with E-state index in [1.165, 1.54) is 42.7 Å². The highest BCUT2D eigenvalue weighted by molar-refractivity contribution is 9.10. The number of rotatable bonds is 5. The molecule has 0 heterocycles. The van der Waals surface area contributed by atoms with E-state index in [4.69, 9.17) is 0 Å². The number of methoxy groups -OCH3 is 1. The summed E-state index contributed by atoms with van der Waals surface area (Å²) in [4.78, 5) is 11.6. The number of hydrogen-bond donors (Lipinski definition) is 0. The van der Waals surface area contributed by atoms with E-state index in [-0.39, 0.29) is 17.0 Å². The quantitative estimate of drug-likeness (QED) is 0.727. The van der Waals surface area contributed by atoms with Crippen LogP contribution < -0.4 is 0 Å². The molecule has 0 saturated heterocycles. The third-order valence-corrected chi connectivity index (χ3v) is 5.89. The van der Waals surface area contributed by atoms with Crippen LogP contribution in [0.4, 0.5) is 0 Å². The van der Waals surface area contributed by atoms with Crippen LogP contribution in [0.2, 0.25) is 0 Å². The molecule has 0 atom stereocenters. The van der Waals surface area contributed by atoms with Crippen molar-refractivity contribution in [3.63, 3.8) is 0 Å². The molecule has 7 heteroatoms. The number of carbonyl (C=O) groups excluding carboxylic acids is 1. The third kappa shape index (κ3) is 3.99. The van der Waals surface area contributed by atoms with Gasteiger partial charge in [-0.1, -0.05) is 40.2 Å². The molecule has 0 aliphatic heterocycles. The Balaban J connectivity index is 2.31. The minimum Gasteiger partial charge on any atom is -0.465 e. The van der Waals surface area contributed by atoms with Crippen molar-refractivity contribution in [3.8, 4) is 0 Å². The molecule has 0 aliphatic rings. The highest BCUT2D eigenvalue weighted by atomic mass is 79.9. The SMILES string of the molecule is COC(=O)c1cccc(S(=O)(=O)N(C)Cc2ccccc2Br)c1. The molecule has 0 bridgehead atoms. The van der Waals surface area contributed by atoms with Gasteiger partial charge in [0.05, 0.1) is 17.6 Å². The molecule has 0 fully saturated rings. The summed E-state index contributed by atoms with van der Waals surface area (Å²) >= 11 is 3.41. The zero-order chi connectivity index (χ0) is 17.0. The fraction of sp³-hybridized carbons (Fsp3) is 0.188. The van der Waals surface area contributed by atoms with Crippen LogP contribution in [0.25, 0.3) is 0 Å². The smallest absolute Gasteiger partial charge is 0.337 e. The Kier molecular flexibility index (Phi) is 5.56. The predicted molar refractivity (Wildman–Crippen MR) is 90.6 cm³/mol. The summed E-state index contributed by atoms with van der Waals surface area (Å²) in [6.45, 7) is 0.214. The molecule has 2 aromatic rings. The molecule has 23 heavy (non-hydrogen) atoms. The summed E-state index contributed by atoms with van der Waals surface area (Å²) in [7, 11) is -0.961. The molecule has 0 N–H and O–H groups in total. The number of esters is 1. The lowest BCUT2D eigenvalue weighted by atomic mass is 10.2. The molecular formula is C16H16BrNO4S. The first kappa shape index (κ1) is 17.7. The molecular weight excluding hydrogens is 382 g/mol. The minimum atomic E-state index is -3.71. The maximum absolute atomic E-state index is 12.7. The van der Waals surface area contributed by atoms with E-state index in [0.717, 1.165) is 10.0 Å². The number of halogens is 1. The third-order valence-electron chi connectivity index (χ3n) is 3.31. The fourth-order valence-corrected chi connectivity index (χ4v) is 3.64. The second-order valence-corrected chi connectivity index (χ2v) is 7.77. The Morgan fingerprint density at radius 1 is 1.17 bits per heavy atom. The van der Waals surface area contributed by atoms with Gasteiger partial charge in [0.25, 0.3) is 0 Å². The number of ether oxygens (including phenoxy) is 1. The van der Waals surface area contributed by atoms with Crippen LogP contribution in [0.3, 0.4) is 0 Å². The molecule has 0 amide bonds. The van der Waals surface area contributed by atoms with Gasteiger partial charge in [-0.3, -0.25) is 0 Å². The molecule has 2 rings (SSSR count).